The van der Waals surface area contributed by atoms with Gasteiger partial charge in [-0.05, 0) is 45.4 Å². The summed E-state index contributed by atoms with van der Waals surface area (Å²) in [6, 6.07) is 5.69. The van der Waals surface area contributed by atoms with Gasteiger partial charge < -0.3 is 15.4 Å². The maximum atomic E-state index is 11.8. The number of benzene rings is 1. The van der Waals surface area contributed by atoms with Gasteiger partial charge in [0.1, 0.15) is 5.75 Å². The third kappa shape index (κ3) is 4.75. The molecule has 0 radical (unpaired) electrons. The molecule has 0 aliphatic heterocycles. The Hall–Kier alpha value is -1.55. The third-order valence-corrected chi connectivity index (χ3v) is 2.41. The Morgan fingerprint density at radius 1 is 1.33 bits per heavy atom. The molecule has 0 spiro atoms. The van der Waals surface area contributed by atoms with Crippen LogP contribution in [0.2, 0.25) is 0 Å². The lowest BCUT2D eigenvalue weighted by Gasteiger charge is -2.20. The van der Waals surface area contributed by atoms with Crippen LogP contribution in [0.3, 0.4) is 0 Å². The average Bonchev–Trinajstić information content (AvgIpc) is 2.28. The Morgan fingerprint density at radius 2 is 2.00 bits per heavy atom. The van der Waals surface area contributed by atoms with E-state index in [-0.39, 0.29) is 18.0 Å². The van der Waals surface area contributed by atoms with Crippen LogP contribution in [0, 0.1) is 6.92 Å². The van der Waals surface area contributed by atoms with Crippen molar-refractivity contribution in [2.24, 2.45) is 0 Å². The Labute approximate surface area is 109 Å². The first-order chi connectivity index (χ1) is 8.31. The quantitative estimate of drug-likeness (QED) is 0.862. The van der Waals surface area contributed by atoms with E-state index in [1.54, 1.807) is 7.11 Å². The van der Waals surface area contributed by atoms with Gasteiger partial charge in [0, 0.05) is 5.54 Å². The number of rotatable bonds is 4. The van der Waals surface area contributed by atoms with Crippen LogP contribution in [0.25, 0.3) is 0 Å². The van der Waals surface area contributed by atoms with E-state index in [1.807, 2.05) is 45.9 Å². The SMILES string of the molecule is COc1cc(C)ccc1NC(=O)CNC(C)(C)C. The minimum Gasteiger partial charge on any atom is -0.495 e. The van der Waals surface area contributed by atoms with Gasteiger partial charge in [-0.1, -0.05) is 6.07 Å². The zero-order valence-corrected chi connectivity index (χ0v) is 11.8. The molecule has 0 aliphatic rings. The van der Waals surface area contributed by atoms with E-state index in [0.717, 1.165) is 5.56 Å². The lowest BCUT2D eigenvalue weighted by atomic mass is 10.1. The summed E-state index contributed by atoms with van der Waals surface area (Å²) < 4.78 is 5.24. The number of ether oxygens (including phenoxy) is 1. The molecule has 1 aromatic rings. The Morgan fingerprint density at radius 3 is 2.56 bits per heavy atom. The van der Waals surface area contributed by atoms with Crippen LogP contribution < -0.4 is 15.4 Å². The van der Waals surface area contributed by atoms with Crippen molar-refractivity contribution in [3.05, 3.63) is 23.8 Å². The summed E-state index contributed by atoms with van der Waals surface area (Å²) >= 11 is 0. The summed E-state index contributed by atoms with van der Waals surface area (Å²) in [5.41, 5.74) is 1.72. The fourth-order valence-electron chi connectivity index (χ4n) is 1.44. The molecule has 1 aromatic carbocycles. The fraction of sp³-hybridized carbons (Fsp3) is 0.500. The summed E-state index contributed by atoms with van der Waals surface area (Å²) in [5.74, 6) is 0.603. The molecular formula is C14H22N2O2. The highest BCUT2D eigenvalue weighted by Crippen LogP contribution is 2.24. The van der Waals surface area contributed by atoms with E-state index in [4.69, 9.17) is 4.74 Å². The van der Waals surface area contributed by atoms with Crippen molar-refractivity contribution in [2.45, 2.75) is 33.2 Å². The first kappa shape index (κ1) is 14.5. The Bertz CT molecular complexity index is 422. The van der Waals surface area contributed by atoms with Crippen molar-refractivity contribution >= 4 is 11.6 Å². The van der Waals surface area contributed by atoms with E-state index >= 15 is 0 Å². The molecule has 100 valence electrons. The minimum absolute atomic E-state index is 0.0747. The molecule has 18 heavy (non-hydrogen) atoms. The monoisotopic (exact) mass is 250 g/mol. The van der Waals surface area contributed by atoms with Crippen LogP contribution in [-0.2, 0) is 4.79 Å². The van der Waals surface area contributed by atoms with Crippen molar-refractivity contribution in [2.75, 3.05) is 19.0 Å². The number of carbonyl (C=O) groups is 1. The maximum Gasteiger partial charge on any atom is 0.238 e. The summed E-state index contributed by atoms with van der Waals surface area (Å²) in [6.45, 7) is 8.32. The molecule has 1 rings (SSSR count). The van der Waals surface area contributed by atoms with Gasteiger partial charge >= 0.3 is 0 Å². The molecule has 0 aromatic heterocycles. The van der Waals surface area contributed by atoms with Crippen molar-refractivity contribution in [1.82, 2.24) is 5.32 Å². The second-order valence-corrected chi connectivity index (χ2v) is 5.36. The van der Waals surface area contributed by atoms with Gasteiger partial charge in [0.15, 0.2) is 0 Å². The molecule has 4 nitrogen and oxygen atoms in total. The van der Waals surface area contributed by atoms with Crippen LogP contribution in [0.15, 0.2) is 18.2 Å². The Balaban J connectivity index is 2.64. The molecule has 0 unspecified atom stereocenters. The van der Waals surface area contributed by atoms with Gasteiger partial charge in [0.2, 0.25) is 5.91 Å². The summed E-state index contributed by atoms with van der Waals surface area (Å²) in [7, 11) is 1.60. The van der Waals surface area contributed by atoms with Gasteiger partial charge in [-0.3, -0.25) is 4.79 Å². The lowest BCUT2D eigenvalue weighted by molar-refractivity contribution is -0.115. The van der Waals surface area contributed by atoms with Crippen molar-refractivity contribution < 1.29 is 9.53 Å². The lowest BCUT2D eigenvalue weighted by Crippen LogP contribution is -2.41. The van der Waals surface area contributed by atoms with E-state index < -0.39 is 0 Å². The molecule has 0 fully saturated rings. The van der Waals surface area contributed by atoms with E-state index in [1.165, 1.54) is 0 Å². The summed E-state index contributed by atoms with van der Waals surface area (Å²) in [5, 5.41) is 5.97. The highest BCUT2D eigenvalue weighted by molar-refractivity contribution is 5.93. The number of aryl methyl sites for hydroxylation is 1. The number of hydrogen-bond donors (Lipinski definition) is 2. The molecule has 0 bridgehead atoms. The topological polar surface area (TPSA) is 50.4 Å². The second-order valence-electron chi connectivity index (χ2n) is 5.36. The highest BCUT2D eigenvalue weighted by atomic mass is 16.5. The van der Waals surface area contributed by atoms with Crippen molar-refractivity contribution in [1.29, 1.82) is 0 Å². The van der Waals surface area contributed by atoms with Gasteiger partial charge in [0.25, 0.3) is 0 Å². The molecular weight excluding hydrogens is 228 g/mol. The standard InChI is InChI=1S/C14H22N2O2/c1-10-6-7-11(12(8-10)18-5)16-13(17)9-15-14(2,3)4/h6-8,15H,9H2,1-5H3,(H,16,17). The van der Waals surface area contributed by atoms with Gasteiger partial charge in [-0.25, -0.2) is 0 Å². The van der Waals surface area contributed by atoms with E-state index in [9.17, 15) is 4.79 Å². The first-order valence-corrected chi connectivity index (χ1v) is 6.01. The number of anilines is 1. The van der Waals surface area contributed by atoms with Crippen LogP contribution in [0.4, 0.5) is 5.69 Å². The smallest absolute Gasteiger partial charge is 0.238 e. The normalized spacial score (nSPS) is 11.2. The molecule has 0 atom stereocenters. The number of nitrogens with one attached hydrogen (secondary N) is 2. The Kier molecular flexibility index (Phi) is 4.73. The van der Waals surface area contributed by atoms with Crippen molar-refractivity contribution in [3.63, 3.8) is 0 Å². The van der Waals surface area contributed by atoms with Gasteiger partial charge in [-0.15, -0.1) is 0 Å². The van der Waals surface area contributed by atoms with Crippen LogP contribution in [-0.4, -0.2) is 25.1 Å². The average molecular weight is 250 g/mol. The number of amides is 1. The van der Waals surface area contributed by atoms with Crippen LogP contribution in [0.1, 0.15) is 26.3 Å². The summed E-state index contributed by atoms with van der Waals surface area (Å²) in [4.78, 5) is 11.8. The predicted molar refractivity (Wildman–Crippen MR) is 74.1 cm³/mol. The van der Waals surface area contributed by atoms with E-state index in [0.29, 0.717) is 11.4 Å². The molecule has 0 heterocycles. The van der Waals surface area contributed by atoms with Crippen LogP contribution >= 0.6 is 0 Å². The van der Waals surface area contributed by atoms with Gasteiger partial charge in [-0.2, -0.15) is 0 Å². The largest absolute Gasteiger partial charge is 0.495 e. The predicted octanol–water partition coefficient (Wildman–Crippen LogP) is 2.33. The zero-order valence-electron chi connectivity index (χ0n) is 11.8. The van der Waals surface area contributed by atoms with Crippen LogP contribution in [0.5, 0.6) is 5.75 Å². The summed E-state index contributed by atoms with van der Waals surface area (Å²) in [6.07, 6.45) is 0. The molecule has 0 saturated carbocycles. The van der Waals surface area contributed by atoms with E-state index in [2.05, 4.69) is 10.6 Å². The van der Waals surface area contributed by atoms with Crippen molar-refractivity contribution in [3.8, 4) is 5.75 Å². The highest BCUT2D eigenvalue weighted by Gasteiger charge is 2.12. The maximum absolute atomic E-state index is 11.8. The number of hydrogen-bond acceptors (Lipinski definition) is 3. The first-order valence-electron chi connectivity index (χ1n) is 6.01. The molecule has 4 heteroatoms. The number of methoxy groups -OCH3 is 1. The minimum atomic E-state index is -0.0768. The molecule has 2 N–H and O–H groups in total. The third-order valence-electron chi connectivity index (χ3n) is 2.41. The van der Waals surface area contributed by atoms with Gasteiger partial charge in [0.05, 0.1) is 19.3 Å². The fourth-order valence-corrected chi connectivity index (χ4v) is 1.44. The second kappa shape index (κ2) is 5.87. The molecule has 0 aliphatic carbocycles. The molecule has 1 amide bonds. The zero-order chi connectivity index (χ0) is 13.8. The molecule has 0 saturated heterocycles. The number of carbonyl (C=O) groups excluding carboxylic acids is 1.